The zero-order chi connectivity index (χ0) is 18.1. The number of rotatable bonds is 10. The van der Waals surface area contributed by atoms with Gasteiger partial charge in [-0.3, -0.25) is 14.5 Å². The minimum atomic E-state index is -0.130. The molecule has 136 valence electrons. The SMILES string of the molecule is C=CCCCCCCCCC(=O)N1CC(c2ccc(Cl)cc2)SC1=O. The topological polar surface area (TPSA) is 37.4 Å². The number of carbonyl (C=O) groups excluding carboxylic acids is 2. The zero-order valence-electron chi connectivity index (χ0n) is 14.6. The van der Waals surface area contributed by atoms with Crippen molar-refractivity contribution in [2.45, 2.75) is 56.6 Å². The minimum absolute atomic E-state index is 0.0126. The Labute approximate surface area is 159 Å². The van der Waals surface area contributed by atoms with E-state index in [1.165, 1.54) is 35.9 Å². The molecule has 1 aromatic rings. The second-order valence-corrected chi connectivity index (χ2v) is 7.97. The van der Waals surface area contributed by atoms with Crippen LogP contribution in [0.1, 0.15) is 62.2 Å². The van der Waals surface area contributed by atoms with Crippen LogP contribution >= 0.6 is 23.4 Å². The number of imide groups is 1. The maximum Gasteiger partial charge on any atom is 0.288 e. The molecule has 1 aromatic carbocycles. The van der Waals surface area contributed by atoms with Crippen LogP contribution in [0.25, 0.3) is 0 Å². The molecule has 3 nitrogen and oxygen atoms in total. The van der Waals surface area contributed by atoms with Crippen LogP contribution < -0.4 is 0 Å². The van der Waals surface area contributed by atoms with Crippen LogP contribution in [-0.4, -0.2) is 22.6 Å². The van der Waals surface area contributed by atoms with Crippen molar-refractivity contribution >= 4 is 34.5 Å². The Bertz CT molecular complexity index is 588. The highest BCUT2D eigenvalue weighted by molar-refractivity contribution is 8.14. The Kier molecular flexibility index (Phi) is 8.56. The lowest BCUT2D eigenvalue weighted by molar-refractivity contribution is -0.127. The molecule has 2 amide bonds. The van der Waals surface area contributed by atoms with Crippen molar-refractivity contribution in [3.8, 4) is 0 Å². The van der Waals surface area contributed by atoms with Crippen LogP contribution in [0, 0.1) is 0 Å². The Morgan fingerprint density at radius 1 is 1.16 bits per heavy atom. The molecule has 0 saturated carbocycles. The molecule has 0 radical (unpaired) electrons. The van der Waals surface area contributed by atoms with Crippen molar-refractivity contribution in [3.05, 3.63) is 47.5 Å². The lowest BCUT2D eigenvalue weighted by Crippen LogP contribution is -2.30. The van der Waals surface area contributed by atoms with Gasteiger partial charge in [-0.25, -0.2) is 0 Å². The molecule has 0 aliphatic carbocycles. The molecule has 0 aromatic heterocycles. The van der Waals surface area contributed by atoms with Gasteiger partial charge in [-0.2, -0.15) is 0 Å². The van der Waals surface area contributed by atoms with Crippen LogP contribution in [0.4, 0.5) is 4.79 Å². The number of thioether (sulfide) groups is 1. The molecule has 1 fully saturated rings. The zero-order valence-corrected chi connectivity index (χ0v) is 16.2. The normalized spacial score (nSPS) is 17.1. The fourth-order valence-electron chi connectivity index (χ4n) is 2.92. The highest BCUT2D eigenvalue weighted by Crippen LogP contribution is 2.38. The van der Waals surface area contributed by atoms with Gasteiger partial charge in [-0.15, -0.1) is 6.58 Å². The average Bonchev–Trinajstić information content (AvgIpc) is 2.99. The van der Waals surface area contributed by atoms with Crippen LogP contribution in [0.5, 0.6) is 0 Å². The third-order valence-electron chi connectivity index (χ3n) is 4.40. The monoisotopic (exact) mass is 379 g/mol. The number of hydrogen-bond donors (Lipinski definition) is 0. The van der Waals surface area contributed by atoms with Gasteiger partial charge in [0.1, 0.15) is 0 Å². The summed E-state index contributed by atoms with van der Waals surface area (Å²) in [4.78, 5) is 25.9. The summed E-state index contributed by atoms with van der Waals surface area (Å²) in [5, 5.41) is 0.559. The van der Waals surface area contributed by atoms with Gasteiger partial charge in [-0.1, -0.05) is 67.3 Å². The molecular weight excluding hydrogens is 354 g/mol. The first-order valence-electron chi connectivity index (χ1n) is 8.99. The summed E-state index contributed by atoms with van der Waals surface area (Å²) < 4.78 is 0. The first kappa shape index (κ1) is 20.1. The number of allylic oxidation sites excluding steroid dienone is 1. The molecule has 0 bridgehead atoms. The molecule has 0 spiro atoms. The van der Waals surface area contributed by atoms with E-state index in [1.54, 1.807) is 0 Å². The molecule has 1 heterocycles. The summed E-state index contributed by atoms with van der Waals surface area (Å²) in [7, 11) is 0. The number of carbonyl (C=O) groups is 2. The summed E-state index contributed by atoms with van der Waals surface area (Å²) in [5.41, 5.74) is 1.04. The number of benzene rings is 1. The maximum atomic E-state index is 12.3. The molecular formula is C20H26ClNO2S. The predicted octanol–water partition coefficient (Wildman–Crippen LogP) is 6.38. The van der Waals surface area contributed by atoms with Crippen molar-refractivity contribution in [1.29, 1.82) is 0 Å². The minimum Gasteiger partial charge on any atom is -0.274 e. The fourth-order valence-corrected chi connectivity index (χ4v) is 4.11. The van der Waals surface area contributed by atoms with Crippen LogP contribution in [0.3, 0.4) is 0 Å². The van der Waals surface area contributed by atoms with E-state index in [0.29, 0.717) is 18.0 Å². The van der Waals surface area contributed by atoms with Gasteiger partial charge in [0.25, 0.3) is 5.24 Å². The summed E-state index contributed by atoms with van der Waals surface area (Å²) >= 11 is 7.13. The van der Waals surface area contributed by atoms with E-state index in [2.05, 4.69) is 6.58 Å². The van der Waals surface area contributed by atoms with Crippen molar-refractivity contribution in [2.24, 2.45) is 0 Å². The van der Waals surface area contributed by atoms with Crippen LogP contribution in [-0.2, 0) is 4.79 Å². The first-order chi connectivity index (χ1) is 12.1. The van der Waals surface area contributed by atoms with Gasteiger partial charge in [0.2, 0.25) is 5.91 Å². The van der Waals surface area contributed by atoms with Gasteiger partial charge >= 0.3 is 0 Å². The smallest absolute Gasteiger partial charge is 0.274 e. The molecule has 1 atom stereocenters. The van der Waals surface area contributed by atoms with E-state index in [9.17, 15) is 9.59 Å². The van der Waals surface area contributed by atoms with Gasteiger partial charge in [0.15, 0.2) is 0 Å². The van der Waals surface area contributed by atoms with Crippen molar-refractivity contribution < 1.29 is 9.59 Å². The van der Waals surface area contributed by atoms with E-state index in [0.717, 1.165) is 31.2 Å². The summed E-state index contributed by atoms with van der Waals surface area (Å²) in [6.07, 6.45) is 10.2. The maximum absolute atomic E-state index is 12.3. The van der Waals surface area contributed by atoms with Gasteiger partial charge < -0.3 is 0 Å². The third kappa shape index (κ3) is 6.52. The summed E-state index contributed by atoms with van der Waals surface area (Å²) in [5.74, 6) is -0.0411. The Hall–Kier alpha value is -1.26. The van der Waals surface area contributed by atoms with Crippen molar-refractivity contribution in [3.63, 3.8) is 0 Å². The van der Waals surface area contributed by atoms with Crippen molar-refractivity contribution in [2.75, 3.05) is 6.54 Å². The van der Waals surface area contributed by atoms with Crippen LogP contribution in [0.2, 0.25) is 5.02 Å². The van der Waals surface area contributed by atoms with Crippen molar-refractivity contribution in [1.82, 2.24) is 4.90 Å². The Morgan fingerprint density at radius 2 is 1.80 bits per heavy atom. The molecule has 1 unspecified atom stereocenters. The van der Waals surface area contributed by atoms with Gasteiger partial charge in [0.05, 0.1) is 5.25 Å². The van der Waals surface area contributed by atoms with E-state index in [-0.39, 0.29) is 16.4 Å². The Morgan fingerprint density at radius 3 is 2.48 bits per heavy atom. The standard InChI is InChI=1S/C20H26ClNO2S/c1-2-3-4-5-6-7-8-9-10-19(23)22-15-18(25-20(22)24)16-11-13-17(21)14-12-16/h2,11-14,18H,1,3-10,15H2. The molecule has 1 aliphatic heterocycles. The summed E-state index contributed by atoms with van der Waals surface area (Å²) in [6, 6.07) is 7.49. The van der Waals surface area contributed by atoms with Gasteiger partial charge in [-0.05, 0) is 37.0 Å². The third-order valence-corrected chi connectivity index (χ3v) is 5.78. The van der Waals surface area contributed by atoms with Gasteiger partial charge in [0, 0.05) is 18.0 Å². The largest absolute Gasteiger partial charge is 0.288 e. The number of amides is 2. The summed E-state index contributed by atoms with van der Waals surface area (Å²) in [6.45, 7) is 4.19. The molecule has 5 heteroatoms. The lowest BCUT2D eigenvalue weighted by atomic mass is 10.1. The predicted molar refractivity (Wildman–Crippen MR) is 106 cm³/mol. The highest BCUT2D eigenvalue weighted by Gasteiger charge is 2.35. The second kappa shape index (κ2) is 10.7. The fraction of sp³-hybridized carbons (Fsp3) is 0.500. The average molecular weight is 380 g/mol. The quantitative estimate of drug-likeness (QED) is 0.349. The van der Waals surface area contributed by atoms with E-state index >= 15 is 0 Å². The number of halogens is 1. The molecule has 2 rings (SSSR count). The molecule has 1 saturated heterocycles. The molecule has 0 N–H and O–H groups in total. The van der Waals surface area contributed by atoms with Crippen LogP contribution in [0.15, 0.2) is 36.9 Å². The number of unbranched alkanes of at least 4 members (excludes halogenated alkanes) is 6. The lowest BCUT2D eigenvalue weighted by Gasteiger charge is -2.14. The first-order valence-corrected chi connectivity index (χ1v) is 10.2. The van der Waals surface area contributed by atoms with E-state index in [1.807, 2.05) is 30.3 Å². The second-order valence-electron chi connectivity index (χ2n) is 6.38. The number of nitrogens with zero attached hydrogens (tertiary/aromatic N) is 1. The van der Waals surface area contributed by atoms with E-state index < -0.39 is 0 Å². The Balaban J connectivity index is 1.68. The molecule has 1 aliphatic rings. The number of hydrogen-bond acceptors (Lipinski definition) is 3. The highest BCUT2D eigenvalue weighted by atomic mass is 35.5. The van der Waals surface area contributed by atoms with E-state index in [4.69, 9.17) is 11.6 Å². The molecule has 25 heavy (non-hydrogen) atoms.